The van der Waals surface area contributed by atoms with Gasteiger partial charge in [-0.25, -0.2) is 4.98 Å². The van der Waals surface area contributed by atoms with Gasteiger partial charge in [-0.2, -0.15) is 5.10 Å². The Bertz CT molecular complexity index is 1010. The second kappa shape index (κ2) is 8.57. The maximum absolute atomic E-state index is 12.4. The average molecular weight is 423 g/mol. The molecule has 0 aliphatic rings. The number of hydrogen-bond donors (Lipinski definition) is 1. The Morgan fingerprint density at radius 1 is 1.36 bits per heavy atom. The lowest BCUT2D eigenvalue weighted by molar-refractivity contribution is -0.142. The number of anilines is 1. The summed E-state index contributed by atoms with van der Waals surface area (Å²) in [5.74, 6) is -0.0420. The fourth-order valence-electron chi connectivity index (χ4n) is 2.53. The van der Waals surface area contributed by atoms with Gasteiger partial charge in [0.1, 0.15) is 5.76 Å². The van der Waals surface area contributed by atoms with E-state index >= 15 is 0 Å². The third kappa shape index (κ3) is 4.60. The Hall–Kier alpha value is -2.65. The summed E-state index contributed by atoms with van der Waals surface area (Å²) in [5, 5.41) is 9.71. The van der Waals surface area contributed by atoms with Crippen molar-refractivity contribution in [2.45, 2.75) is 33.7 Å². The second-order valence-corrected chi connectivity index (χ2v) is 7.22. The summed E-state index contributed by atoms with van der Waals surface area (Å²) in [5.41, 5.74) is 2.12. The lowest BCUT2D eigenvalue weighted by Crippen LogP contribution is -2.11. The lowest BCUT2D eigenvalue weighted by atomic mass is 10.3. The molecule has 10 heteroatoms. The first-order chi connectivity index (χ1) is 13.4. The van der Waals surface area contributed by atoms with Gasteiger partial charge in [0.25, 0.3) is 5.91 Å². The smallest absolute Gasteiger partial charge is 0.311 e. The maximum Gasteiger partial charge on any atom is 0.311 e. The van der Waals surface area contributed by atoms with Crippen LogP contribution in [0.25, 0.3) is 0 Å². The fourth-order valence-corrected chi connectivity index (χ4v) is 3.37. The Labute approximate surface area is 170 Å². The van der Waals surface area contributed by atoms with Crippen molar-refractivity contribution in [3.63, 3.8) is 0 Å². The van der Waals surface area contributed by atoms with Crippen molar-refractivity contribution >= 4 is 39.9 Å². The number of hydrogen-bond acceptors (Lipinski definition) is 7. The molecule has 0 aliphatic carbocycles. The predicted octanol–water partition coefficient (Wildman–Crippen LogP) is 3.61. The Balaban J connectivity index is 1.62. The largest absolute Gasteiger partial charge is 0.466 e. The van der Waals surface area contributed by atoms with Crippen molar-refractivity contribution in [3.8, 4) is 0 Å². The number of thiazole rings is 1. The van der Waals surface area contributed by atoms with E-state index in [1.807, 2.05) is 13.8 Å². The molecule has 3 aromatic heterocycles. The molecule has 0 aromatic carbocycles. The molecule has 0 spiro atoms. The van der Waals surface area contributed by atoms with Gasteiger partial charge in [-0.15, -0.1) is 11.3 Å². The summed E-state index contributed by atoms with van der Waals surface area (Å²) in [6, 6.07) is 3.30. The number of aromatic nitrogens is 3. The quantitative estimate of drug-likeness (QED) is 0.584. The first-order valence-corrected chi connectivity index (χ1v) is 9.82. The van der Waals surface area contributed by atoms with Gasteiger partial charge < -0.3 is 9.15 Å². The summed E-state index contributed by atoms with van der Waals surface area (Å²) in [6.07, 6.45) is 0.0658. The van der Waals surface area contributed by atoms with E-state index < -0.39 is 5.91 Å². The average Bonchev–Trinajstić information content (AvgIpc) is 3.34. The number of nitrogens with zero attached hydrogens (tertiary/aromatic N) is 3. The molecule has 0 atom stereocenters. The molecule has 148 valence electrons. The van der Waals surface area contributed by atoms with Gasteiger partial charge in [0.15, 0.2) is 10.9 Å². The molecule has 1 amide bonds. The van der Waals surface area contributed by atoms with E-state index in [9.17, 15) is 9.59 Å². The zero-order valence-electron chi connectivity index (χ0n) is 15.6. The van der Waals surface area contributed by atoms with Crippen LogP contribution in [0.5, 0.6) is 0 Å². The number of amides is 1. The highest BCUT2D eigenvalue weighted by Gasteiger charge is 2.16. The molecule has 0 saturated carbocycles. The lowest BCUT2D eigenvalue weighted by Gasteiger charge is -2.02. The topological polar surface area (TPSA) is 99.2 Å². The van der Waals surface area contributed by atoms with Crippen molar-refractivity contribution in [1.29, 1.82) is 0 Å². The minimum absolute atomic E-state index is 0.0658. The van der Waals surface area contributed by atoms with Crippen LogP contribution < -0.4 is 5.32 Å². The number of esters is 1. The van der Waals surface area contributed by atoms with Gasteiger partial charge in [0.05, 0.1) is 41.7 Å². The van der Waals surface area contributed by atoms with E-state index in [-0.39, 0.29) is 18.2 Å². The first kappa shape index (κ1) is 20.1. The molecule has 8 nitrogen and oxygen atoms in total. The van der Waals surface area contributed by atoms with Crippen molar-refractivity contribution < 1.29 is 18.7 Å². The van der Waals surface area contributed by atoms with E-state index in [1.54, 1.807) is 29.1 Å². The predicted molar refractivity (Wildman–Crippen MR) is 105 cm³/mol. The van der Waals surface area contributed by atoms with Crippen LogP contribution in [0.1, 0.15) is 40.3 Å². The van der Waals surface area contributed by atoms with Gasteiger partial charge in [0.2, 0.25) is 0 Å². The summed E-state index contributed by atoms with van der Waals surface area (Å²) >= 11 is 7.38. The molecule has 1 N–H and O–H groups in total. The van der Waals surface area contributed by atoms with Crippen LogP contribution in [0.3, 0.4) is 0 Å². The van der Waals surface area contributed by atoms with Gasteiger partial charge in [-0.1, -0.05) is 11.6 Å². The molecule has 28 heavy (non-hydrogen) atoms. The third-order valence-corrected chi connectivity index (χ3v) is 5.24. The SMILES string of the molecule is CCOC(=O)Cc1csc(NC(=O)c2ccc(Cn3nc(C)c(Cl)c3C)o2)n1. The maximum atomic E-state index is 12.4. The zero-order chi connectivity index (χ0) is 20.3. The normalized spacial score (nSPS) is 10.9. The third-order valence-electron chi connectivity index (χ3n) is 3.89. The number of carbonyl (C=O) groups is 2. The molecular formula is C18H19ClN4O4S. The molecule has 0 unspecified atom stereocenters. The molecule has 3 heterocycles. The van der Waals surface area contributed by atoms with Gasteiger partial charge in [0, 0.05) is 5.38 Å². The highest BCUT2D eigenvalue weighted by atomic mass is 35.5. The molecule has 0 radical (unpaired) electrons. The Morgan fingerprint density at radius 3 is 2.82 bits per heavy atom. The van der Waals surface area contributed by atoms with Gasteiger partial charge in [-0.05, 0) is 32.9 Å². The number of carbonyl (C=O) groups excluding carboxylic acids is 2. The van der Waals surface area contributed by atoms with Crippen LogP contribution in [0.2, 0.25) is 5.02 Å². The molecular weight excluding hydrogens is 404 g/mol. The van der Waals surface area contributed by atoms with E-state index in [4.69, 9.17) is 20.8 Å². The standard InChI is InChI=1S/C18H19ClN4O4S/c1-4-26-15(24)7-12-9-28-18(20-12)21-17(25)14-6-5-13(27-14)8-23-11(3)16(19)10(2)22-23/h5-6,9H,4,7-8H2,1-3H3,(H,20,21,25). The minimum atomic E-state index is -0.422. The highest BCUT2D eigenvalue weighted by Crippen LogP contribution is 2.21. The summed E-state index contributed by atoms with van der Waals surface area (Å²) in [4.78, 5) is 28.1. The summed E-state index contributed by atoms with van der Waals surface area (Å²) in [6.45, 7) is 6.13. The van der Waals surface area contributed by atoms with Crippen LogP contribution in [0.15, 0.2) is 21.9 Å². The van der Waals surface area contributed by atoms with Crippen LogP contribution in [-0.2, 0) is 22.5 Å². The van der Waals surface area contributed by atoms with E-state index in [1.165, 1.54) is 11.3 Å². The molecule has 0 fully saturated rings. The molecule has 0 saturated heterocycles. The highest BCUT2D eigenvalue weighted by molar-refractivity contribution is 7.14. The zero-order valence-corrected chi connectivity index (χ0v) is 17.2. The number of furan rings is 1. The van der Waals surface area contributed by atoms with Crippen molar-refractivity contribution in [2.24, 2.45) is 0 Å². The molecule has 0 bridgehead atoms. The molecule has 0 aliphatic heterocycles. The first-order valence-electron chi connectivity index (χ1n) is 8.57. The number of ether oxygens (including phenoxy) is 1. The van der Waals surface area contributed by atoms with Crippen LogP contribution in [0, 0.1) is 13.8 Å². The molecule has 3 aromatic rings. The number of rotatable bonds is 7. The van der Waals surface area contributed by atoms with Crippen molar-refractivity contribution in [1.82, 2.24) is 14.8 Å². The number of nitrogens with one attached hydrogen (secondary N) is 1. The van der Waals surface area contributed by atoms with Gasteiger partial charge >= 0.3 is 5.97 Å². The second-order valence-electron chi connectivity index (χ2n) is 5.99. The molecule has 3 rings (SSSR count). The van der Waals surface area contributed by atoms with E-state index in [0.29, 0.717) is 34.8 Å². The van der Waals surface area contributed by atoms with E-state index in [0.717, 1.165) is 11.4 Å². The summed E-state index contributed by atoms with van der Waals surface area (Å²) in [7, 11) is 0. The van der Waals surface area contributed by atoms with Crippen LogP contribution in [-0.4, -0.2) is 33.2 Å². The number of aryl methyl sites for hydroxylation is 1. The minimum Gasteiger partial charge on any atom is -0.466 e. The van der Waals surface area contributed by atoms with Crippen molar-refractivity contribution in [2.75, 3.05) is 11.9 Å². The Kier molecular flexibility index (Phi) is 6.15. The van der Waals surface area contributed by atoms with Crippen LogP contribution >= 0.6 is 22.9 Å². The monoisotopic (exact) mass is 422 g/mol. The van der Waals surface area contributed by atoms with Crippen molar-refractivity contribution in [3.05, 3.63) is 51.1 Å². The van der Waals surface area contributed by atoms with Crippen LogP contribution in [0.4, 0.5) is 5.13 Å². The Morgan fingerprint density at radius 2 is 2.14 bits per heavy atom. The van der Waals surface area contributed by atoms with E-state index in [2.05, 4.69) is 15.4 Å². The summed E-state index contributed by atoms with van der Waals surface area (Å²) < 4.78 is 12.2. The number of halogens is 1. The fraction of sp³-hybridized carbons (Fsp3) is 0.333. The van der Waals surface area contributed by atoms with Gasteiger partial charge in [-0.3, -0.25) is 19.6 Å².